The molecule has 0 atom stereocenters. The number of hydrogen-bond acceptors (Lipinski definition) is 5. The van der Waals surface area contributed by atoms with Crippen LogP contribution in [0.3, 0.4) is 0 Å². The van der Waals surface area contributed by atoms with Crippen molar-refractivity contribution < 1.29 is 19.0 Å². The molecule has 6 heteroatoms. The summed E-state index contributed by atoms with van der Waals surface area (Å²) in [6.07, 6.45) is 0.516. The molecule has 1 aliphatic heterocycles. The standard InChI is InChI=1S/C16H24N2O4/c1-20-14-2-4-15(5-3-14)22-11-8-17-7-6-16(19)18-9-12-21-13-10-18/h2-5,17H,6-13H2,1H3. The number of nitrogens with one attached hydrogen (secondary N) is 1. The van der Waals surface area contributed by atoms with Gasteiger partial charge in [0, 0.05) is 32.6 Å². The number of hydrogen-bond donors (Lipinski definition) is 1. The van der Waals surface area contributed by atoms with E-state index >= 15 is 0 Å². The van der Waals surface area contributed by atoms with Crippen molar-refractivity contribution in [2.45, 2.75) is 6.42 Å². The van der Waals surface area contributed by atoms with Gasteiger partial charge in [-0.15, -0.1) is 0 Å². The Labute approximate surface area is 131 Å². The highest BCUT2D eigenvalue weighted by Gasteiger charge is 2.15. The van der Waals surface area contributed by atoms with Crippen LogP contribution < -0.4 is 14.8 Å². The van der Waals surface area contributed by atoms with Gasteiger partial charge in [0.25, 0.3) is 0 Å². The third-order valence-corrected chi connectivity index (χ3v) is 3.49. The van der Waals surface area contributed by atoms with Crippen molar-refractivity contribution in [2.24, 2.45) is 0 Å². The molecular weight excluding hydrogens is 284 g/mol. The molecule has 1 aliphatic rings. The highest BCUT2D eigenvalue weighted by Crippen LogP contribution is 2.16. The predicted molar refractivity (Wildman–Crippen MR) is 83.4 cm³/mol. The van der Waals surface area contributed by atoms with Crippen LogP contribution in [0.25, 0.3) is 0 Å². The lowest BCUT2D eigenvalue weighted by Gasteiger charge is -2.26. The fourth-order valence-corrected chi connectivity index (χ4v) is 2.20. The molecule has 1 heterocycles. The zero-order chi connectivity index (χ0) is 15.6. The van der Waals surface area contributed by atoms with Crippen LogP contribution >= 0.6 is 0 Å². The SMILES string of the molecule is COc1ccc(OCCNCCC(=O)N2CCOCC2)cc1. The van der Waals surface area contributed by atoms with Crippen molar-refractivity contribution in [3.63, 3.8) is 0 Å². The Morgan fingerprint density at radius 3 is 2.55 bits per heavy atom. The number of ether oxygens (including phenoxy) is 3. The number of amides is 1. The number of carbonyl (C=O) groups excluding carboxylic acids is 1. The van der Waals surface area contributed by atoms with Crippen LogP contribution in [0.2, 0.25) is 0 Å². The van der Waals surface area contributed by atoms with Crippen molar-refractivity contribution >= 4 is 5.91 Å². The van der Waals surface area contributed by atoms with E-state index in [2.05, 4.69) is 5.32 Å². The van der Waals surface area contributed by atoms with Crippen LogP contribution in [-0.2, 0) is 9.53 Å². The van der Waals surface area contributed by atoms with Crippen LogP contribution in [0.1, 0.15) is 6.42 Å². The molecule has 0 radical (unpaired) electrons. The Kier molecular flexibility index (Phi) is 6.99. The molecule has 2 rings (SSSR count). The van der Waals surface area contributed by atoms with Gasteiger partial charge in [0.05, 0.1) is 20.3 Å². The Morgan fingerprint density at radius 2 is 1.86 bits per heavy atom. The van der Waals surface area contributed by atoms with Gasteiger partial charge in [-0.2, -0.15) is 0 Å². The van der Waals surface area contributed by atoms with Crippen molar-refractivity contribution in [1.29, 1.82) is 0 Å². The Hall–Kier alpha value is -1.79. The Bertz CT molecular complexity index is 444. The minimum atomic E-state index is 0.187. The molecule has 1 aromatic carbocycles. The van der Waals surface area contributed by atoms with E-state index in [1.54, 1.807) is 7.11 Å². The average Bonchev–Trinajstić information content (AvgIpc) is 2.59. The number of benzene rings is 1. The monoisotopic (exact) mass is 308 g/mol. The average molecular weight is 308 g/mol. The summed E-state index contributed by atoms with van der Waals surface area (Å²) in [6.45, 7) is 4.66. The second-order valence-electron chi connectivity index (χ2n) is 5.02. The van der Waals surface area contributed by atoms with E-state index in [9.17, 15) is 4.79 Å². The van der Waals surface area contributed by atoms with Gasteiger partial charge in [-0.05, 0) is 24.3 Å². The van der Waals surface area contributed by atoms with E-state index in [0.29, 0.717) is 52.4 Å². The third-order valence-electron chi connectivity index (χ3n) is 3.49. The number of morpholine rings is 1. The molecule has 1 saturated heterocycles. The second kappa shape index (κ2) is 9.27. The summed E-state index contributed by atoms with van der Waals surface area (Å²) in [4.78, 5) is 13.8. The zero-order valence-electron chi connectivity index (χ0n) is 13.0. The van der Waals surface area contributed by atoms with E-state index in [1.165, 1.54) is 0 Å². The lowest BCUT2D eigenvalue weighted by Crippen LogP contribution is -2.41. The van der Waals surface area contributed by atoms with Crippen LogP contribution in [0.4, 0.5) is 0 Å². The molecule has 1 aromatic rings. The van der Waals surface area contributed by atoms with E-state index < -0.39 is 0 Å². The number of rotatable bonds is 8. The van der Waals surface area contributed by atoms with Gasteiger partial charge in [-0.25, -0.2) is 0 Å². The Morgan fingerprint density at radius 1 is 1.18 bits per heavy atom. The molecule has 0 unspecified atom stereocenters. The van der Waals surface area contributed by atoms with Crippen molar-refractivity contribution in [3.05, 3.63) is 24.3 Å². The zero-order valence-corrected chi connectivity index (χ0v) is 13.0. The van der Waals surface area contributed by atoms with E-state index in [1.807, 2.05) is 29.2 Å². The molecule has 0 aliphatic carbocycles. The molecule has 22 heavy (non-hydrogen) atoms. The van der Waals surface area contributed by atoms with Crippen LogP contribution in [0.15, 0.2) is 24.3 Å². The number of nitrogens with zero attached hydrogens (tertiary/aromatic N) is 1. The molecule has 0 saturated carbocycles. The van der Waals surface area contributed by atoms with Crippen molar-refractivity contribution in [3.8, 4) is 11.5 Å². The molecular formula is C16H24N2O4. The Balaban J connectivity index is 1.52. The summed E-state index contributed by atoms with van der Waals surface area (Å²) in [5.41, 5.74) is 0. The highest BCUT2D eigenvalue weighted by molar-refractivity contribution is 5.76. The lowest BCUT2D eigenvalue weighted by atomic mass is 10.3. The van der Waals surface area contributed by atoms with Crippen LogP contribution in [-0.4, -0.2) is 63.9 Å². The molecule has 1 N–H and O–H groups in total. The molecule has 6 nitrogen and oxygen atoms in total. The first-order valence-corrected chi connectivity index (χ1v) is 7.62. The normalized spacial score (nSPS) is 14.7. The maximum Gasteiger partial charge on any atom is 0.224 e. The maximum absolute atomic E-state index is 11.9. The summed E-state index contributed by atoms with van der Waals surface area (Å²) in [5.74, 6) is 1.81. The number of methoxy groups -OCH3 is 1. The molecule has 0 spiro atoms. The second-order valence-corrected chi connectivity index (χ2v) is 5.02. The highest BCUT2D eigenvalue weighted by atomic mass is 16.5. The van der Waals surface area contributed by atoms with Gasteiger partial charge in [-0.1, -0.05) is 0 Å². The summed E-state index contributed by atoms with van der Waals surface area (Å²) in [7, 11) is 1.64. The summed E-state index contributed by atoms with van der Waals surface area (Å²) in [6, 6.07) is 7.48. The first kappa shape index (κ1) is 16.6. The van der Waals surface area contributed by atoms with Gasteiger partial charge in [0.15, 0.2) is 0 Å². The molecule has 1 amide bonds. The summed E-state index contributed by atoms with van der Waals surface area (Å²) in [5, 5.41) is 3.22. The number of carbonyl (C=O) groups is 1. The van der Waals surface area contributed by atoms with E-state index in [-0.39, 0.29) is 5.91 Å². The van der Waals surface area contributed by atoms with Crippen LogP contribution in [0.5, 0.6) is 11.5 Å². The van der Waals surface area contributed by atoms with Gasteiger partial charge in [0.1, 0.15) is 18.1 Å². The van der Waals surface area contributed by atoms with Gasteiger partial charge in [-0.3, -0.25) is 4.79 Å². The molecule has 0 aromatic heterocycles. The minimum Gasteiger partial charge on any atom is -0.497 e. The minimum absolute atomic E-state index is 0.187. The predicted octanol–water partition coefficient (Wildman–Crippen LogP) is 0.913. The molecule has 0 bridgehead atoms. The van der Waals surface area contributed by atoms with Gasteiger partial charge < -0.3 is 24.4 Å². The third kappa shape index (κ3) is 5.54. The van der Waals surface area contributed by atoms with Crippen molar-refractivity contribution in [2.75, 3.05) is 53.1 Å². The fourth-order valence-electron chi connectivity index (χ4n) is 2.20. The maximum atomic E-state index is 11.9. The van der Waals surface area contributed by atoms with Crippen LogP contribution in [0, 0.1) is 0 Å². The smallest absolute Gasteiger partial charge is 0.224 e. The quantitative estimate of drug-likeness (QED) is 0.724. The van der Waals surface area contributed by atoms with E-state index in [4.69, 9.17) is 14.2 Å². The van der Waals surface area contributed by atoms with Crippen molar-refractivity contribution in [1.82, 2.24) is 10.2 Å². The summed E-state index contributed by atoms with van der Waals surface area (Å²) >= 11 is 0. The first-order valence-electron chi connectivity index (χ1n) is 7.62. The largest absolute Gasteiger partial charge is 0.497 e. The van der Waals surface area contributed by atoms with Gasteiger partial charge >= 0.3 is 0 Å². The first-order chi connectivity index (χ1) is 10.8. The lowest BCUT2D eigenvalue weighted by molar-refractivity contribution is -0.135. The van der Waals surface area contributed by atoms with Gasteiger partial charge in [0.2, 0.25) is 5.91 Å². The fraction of sp³-hybridized carbons (Fsp3) is 0.562. The summed E-state index contributed by atoms with van der Waals surface area (Å²) < 4.78 is 15.9. The van der Waals surface area contributed by atoms with E-state index in [0.717, 1.165) is 11.5 Å². The topological polar surface area (TPSA) is 60.0 Å². The molecule has 122 valence electrons. The molecule has 1 fully saturated rings.